The van der Waals surface area contributed by atoms with E-state index in [9.17, 15) is 8.42 Å². The number of aliphatic imine (C=N–C) groups is 1. The summed E-state index contributed by atoms with van der Waals surface area (Å²) in [5, 5.41) is 10.7. The standard InChI is InChI=1S/C14H25N3O2S2.HI/c1-11(13-5-7-20-10-13)9-16-14(15-3)17-12(2)6-8-21(4,18)19;/h5,7,10-12H,6,8-9H2,1-4H3,(H2,15,16,17);1H. The molecule has 0 radical (unpaired) electrons. The van der Waals surface area contributed by atoms with Gasteiger partial charge in [0.15, 0.2) is 5.96 Å². The molecule has 0 bridgehead atoms. The van der Waals surface area contributed by atoms with Gasteiger partial charge in [-0.3, -0.25) is 4.99 Å². The average Bonchev–Trinajstić information content (AvgIpc) is 2.94. The average molecular weight is 459 g/mol. The van der Waals surface area contributed by atoms with Crippen LogP contribution in [0.25, 0.3) is 0 Å². The van der Waals surface area contributed by atoms with Gasteiger partial charge in [0.2, 0.25) is 0 Å². The third-order valence-electron chi connectivity index (χ3n) is 3.22. The Balaban J connectivity index is 0.00000441. The van der Waals surface area contributed by atoms with Crippen LogP contribution in [0, 0.1) is 0 Å². The van der Waals surface area contributed by atoms with E-state index in [0.29, 0.717) is 18.3 Å². The first-order chi connectivity index (χ1) is 9.81. The first-order valence-electron chi connectivity index (χ1n) is 6.99. The Kier molecular flexibility index (Phi) is 10.3. The van der Waals surface area contributed by atoms with Crippen molar-refractivity contribution in [2.24, 2.45) is 4.99 Å². The zero-order valence-electron chi connectivity index (χ0n) is 13.5. The Bertz CT molecular complexity index is 544. The van der Waals surface area contributed by atoms with Crippen LogP contribution in [0.5, 0.6) is 0 Å². The van der Waals surface area contributed by atoms with Gasteiger partial charge in [0, 0.05) is 25.9 Å². The summed E-state index contributed by atoms with van der Waals surface area (Å²) in [5.74, 6) is 1.29. The van der Waals surface area contributed by atoms with Crippen LogP contribution in [0.3, 0.4) is 0 Å². The molecule has 1 heterocycles. The van der Waals surface area contributed by atoms with E-state index in [-0.39, 0.29) is 35.8 Å². The summed E-state index contributed by atoms with van der Waals surface area (Å²) < 4.78 is 22.3. The Morgan fingerprint density at radius 2 is 2.09 bits per heavy atom. The first kappa shape index (κ1) is 21.6. The summed E-state index contributed by atoms with van der Waals surface area (Å²) in [6.45, 7) is 4.91. The highest BCUT2D eigenvalue weighted by Gasteiger charge is 2.11. The van der Waals surface area contributed by atoms with Crippen LogP contribution < -0.4 is 10.6 Å². The van der Waals surface area contributed by atoms with Gasteiger partial charge in [0.25, 0.3) is 0 Å². The fourth-order valence-electron chi connectivity index (χ4n) is 1.81. The van der Waals surface area contributed by atoms with Gasteiger partial charge in [-0.15, -0.1) is 24.0 Å². The zero-order valence-corrected chi connectivity index (χ0v) is 17.5. The number of rotatable bonds is 7. The number of hydrogen-bond donors (Lipinski definition) is 2. The van der Waals surface area contributed by atoms with Crippen molar-refractivity contribution in [3.8, 4) is 0 Å². The van der Waals surface area contributed by atoms with Crippen molar-refractivity contribution in [1.29, 1.82) is 0 Å². The van der Waals surface area contributed by atoms with Crippen LogP contribution in [0.15, 0.2) is 21.8 Å². The predicted molar refractivity (Wildman–Crippen MR) is 106 cm³/mol. The van der Waals surface area contributed by atoms with Crippen LogP contribution in [0.2, 0.25) is 0 Å². The molecule has 0 spiro atoms. The van der Waals surface area contributed by atoms with Crippen molar-refractivity contribution in [2.75, 3.05) is 25.6 Å². The monoisotopic (exact) mass is 459 g/mol. The second-order valence-corrected chi connectivity index (χ2v) is 8.41. The molecule has 22 heavy (non-hydrogen) atoms. The Labute approximate surface area is 154 Å². The molecule has 0 saturated heterocycles. The van der Waals surface area contributed by atoms with Crippen molar-refractivity contribution >= 4 is 51.1 Å². The van der Waals surface area contributed by atoms with Crippen molar-refractivity contribution in [3.05, 3.63) is 22.4 Å². The molecule has 1 aromatic rings. The lowest BCUT2D eigenvalue weighted by atomic mass is 10.1. The van der Waals surface area contributed by atoms with Crippen molar-refractivity contribution in [2.45, 2.75) is 32.2 Å². The van der Waals surface area contributed by atoms with Gasteiger partial charge >= 0.3 is 0 Å². The highest BCUT2D eigenvalue weighted by Crippen LogP contribution is 2.16. The molecule has 0 aliphatic heterocycles. The topological polar surface area (TPSA) is 70.6 Å². The lowest BCUT2D eigenvalue weighted by Gasteiger charge is -2.19. The summed E-state index contributed by atoms with van der Waals surface area (Å²) in [5.41, 5.74) is 1.31. The van der Waals surface area contributed by atoms with Gasteiger partial charge in [0.1, 0.15) is 9.84 Å². The summed E-state index contributed by atoms with van der Waals surface area (Å²) in [7, 11) is -1.20. The minimum absolute atomic E-state index is 0. The molecule has 5 nitrogen and oxygen atoms in total. The van der Waals surface area contributed by atoms with Crippen LogP contribution in [-0.2, 0) is 9.84 Å². The van der Waals surface area contributed by atoms with E-state index in [4.69, 9.17) is 0 Å². The largest absolute Gasteiger partial charge is 0.356 e. The van der Waals surface area contributed by atoms with Gasteiger partial charge in [-0.2, -0.15) is 11.3 Å². The summed E-state index contributed by atoms with van der Waals surface area (Å²) in [6.07, 6.45) is 1.83. The first-order valence-corrected chi connectivity index (χ1v) is 9.99. The van der Waals surface area contributed by atoms with E-state index in [1.807, 2.05) is 6.92 Å². The van der Waals surface area contributed by atoms with E-state index < -0.39 is 9.84 Å². The fraction of sp³-hybridized carbons (Fsp3) is 0.643. The van der Waals surface area contributed by atoms with Gasteiger partial charge in [-0.1, -0.05) is 6.92 Å². The molecule has 0 aromatic carbocycles. The number of thiophene rings is 1. The molecule has 2 N–H and O–H groups in total. The van der Waals surface area contributed by atoms with Gasteiger partial charge in [0.05, 0.1) is 5.75 Å². The molecule has 1 aromatic heterocycles. The maximum atomic E-state index is 11.2. The van der Waals surface area contributed by atoms with Crippen molar-refractivity contribution in [1.82, 2.24) is 10.6 Å². The maximum absolute atomic E-state index is 11.2. The van der Waals surface area contributed by atoms with Gasteiger partial charge in [-0.05, 0) is 41.7 Å². The van der Waals surface area contributed by atoms with Crippen molar-refractivity contribution in [3.63, 3.8) is 0 Å². The van der Waals surface area contributed by atoms with Gasteiger partial charge in [-0.25, -0.2) is 8.42 Å². The number of halogens is 1. The quantitative estimate of drug-likeness (QED) is 0.374. The number of nitrogens with zero attached hydrogens (tertiary/aromatic N) is 1. The van der Waals surface area contributed by atoms with E-state index in [1.54, 1.807) is 18.4 Å². The lowest BCUT2D eigenvalue weighted by molar-refractivity contribution is 0.579. The Morgan fingerprint density at radius 3 is 2.59 bits per heavy atom. The number of nitrogens with one attached hydrogen (secondary N) is 2. The van der Waals surface area contributed by atoms with E-state index in [0.717, 1.165) is 6.54 Å². The van der Waals surface area contributed by atoms with Crippen LogP contribution in [0.4, 0.5) is 0 Å². The third-order valence-corrected chi connectivity index (χ3v) is 4.90. The molecule has 0 amide bonds. The van der Waals surface area contributed by atoms with E-state index in [1.165, 1.54) is 11.8 Å². The highest BCUT2D eigenvalue weighted by molar-refractivity contribution is 14.0. The zero-order chi connectivity index (χ0) is 15.9. The predicted octanol–water partition coefficient (Wildman–Crippen LogP) is 2.46. The third kappa shape index (κ3) is 8.94. The van der Waals surface area contributed by atoms with Crippen LogP contribution in [-0.4, -0.2) is 46.0 Å². The van der Waals surface area contributed by atoms with E-state index in [2.05, 4.69) is 39.4 Å². The Morgan fingerprint density at radius 1 is 1.41 bits per heavy atom. The molecule has 2 unspecified atom stereocenters. The molecular weight excluding hydrogens is 433 g/mol. The SMILES string of the molecule is CN=C(NCC(C)c1ccsc1)NC(C)CCS(C)(=O)=O.I. The molecule has 1 rings (SSSR count). The normalized spacial score (nSPS) is 14.8. The highest BCUT2D eigenvalue weighted by atomic mass is 127. The molecule has 0 aliphatic rings. The summed E-state index contributed by atoms with van der Waals surface area (Å²) in [4.78, 5) is 4.17. The molecular formula is C14H26IN3O2S2. The van der Waals surface area contributed by atoms with Crippen molar-refractivity contribution < 1.29 is 8.42 Å². The second-order valence-electron chi connectivity index (χ2n) is 5.37. The molecule has 2 atom stereocenters. The molecule has 0 aliphatic carbocycles. The van der Waals surface area contributed by atoms with E-state index >= 15 is 0 Å². The van der Waals surface area contributed by atoms with Crippen LogP contribution in [0.1, 0.15) is 31.7 Å². The van der Waals surface area contributed by atoms with Gasteiger partial charge < -0.3 is 10.6 Å². The minimum Gasteiger partial charge on any atom is -0.356 e. The number of guanidine groups is 1. The fourth-order valence-corrected chi connectivity index (χ4v) is 3.38. The summed E-state index contributed by atoms with van der Waals surface area (Å²) >= 11 is 1.70. The Hall–Kier alpha value is -0.350. The number of sulfone groups is 1. The number of hydrogen-bond acceptors (Lipinski definition) is 4. The molecule has 128 valence electrons. The molecule has 0 saturated carbocycles. The molecule has 0 fully saturated rings. The second kappa shape index (κ2) is 10.4. The van der Waals surface area contributed by atoms with Crippen LogP contribution >= 0.6 is 35.3 Å². The molecule has 8 heteroatoms. The minimum atomic E-state index is -2.92. The lowest BCUT2D eigenvalue weighted by Crippen LogP contribution is -2.43. The smallest absolute Gasteiger partial charge is 0.191 e. The summed E-state index contributed by atoms with van der Waals surface area (Å²) in [6, 6.07) is 2.18. The maximum Gasteiger partial charge on any atom is 0.191 e.